The lowest BCUT2D eigenvalue weighted by atomic mass is 10.0. The number of likely N-dealkylation sites (tertiary alicyclic amines) is 1. The SMILES string of the molecule is CCOC(=O)C1CCCCN1Cc1cc(N)ccn1. The summed E-state index contributed by atoms with van der Waals surface area (Å²) in [4.78, 5) is 18.4. The molecule has 0 amide bonds. The maximum Gasteiger partial charge on any atom is 0.323 e. The Morgan fingerprint density at radius 3 is 3.16 bits per heavy atom. The molecule has 1 saturated heterocycles. The number of esters is 1. The van der Waals surface area contributed by atoms with Gasteiger partial charge in [0.1, 0.15) is 6.04 Å². The van der Waals surface area contributed by atoms with E-state index in [-0.39, 0.29) is 12.0 Å². The molecule has 0 bridgehead atoms. The van der Waals surface area contributed by atoms with E-state index < -0.39 is 0 Å². The highest BCUT2D eigenvalue weighted by Crippen LogP contribution is 2.20. The van der Waals surface area contributed by atoms with Gasteiger partial charge in [0.15, 0.2) is 0 Å². The van der Waals surface area contributed by atoms with Gasteiger partial charge in [-0.25, -0.2) is 0 Å². The van der Waals surface area contributed by atoms with E-state index in [1.807, 2.05) is 13.0 Å². The maximum absolute atomic E-state index is 12.0. The Hall–Kier alpha value is -1.62. The van der Waals surface area contributed by atoms with Crippen LogP contribution in [0.5, 0.6) is 0 Å². The number of ether oxygens (including phenoxy) is 1. The number of rotatable bonds is 4. The van der Waals surface area contributed by atoms with E-state index >= 15 is 0 Å². The van der Waals surface area contributed by atoms with E-state index in [1.54, 1.807) is 12.3 Å². The highest BCUT2D eigenvalue weighted by molar-refractivity contribution is 5.75. The summed E-state index contributed by atoms with van der Waals surface area (Å²) in [6.07, 6.45) is 4.75. The zero-order chi connectivity index (χ0) is 13.7. The fraction of sp³-hybridized carbons (Fsp3) is 0.571. The van der Waals surface area contributed by atoms with Crippen molar-refractivity contribution in [3.63, 3.8) is 0 Å². The summed E-state index contributed by atoms with van der Waals surface area (Å²) in [6.45, 7) is 3.82. The first-order valence-electron chi connectivity index (χ1n) is 6.82. The second-order valence-electron chi connectivity index (χ2n) is 4.81. The molecule has 0 aliphatic carbocycles. The van der Waals surface area contributed by atoms with Crippen LogP contribution in [0.4, 0.5) is 5.69 Å². The van der Waals surface area contributed by atoms with Gasteiger partial charge >= 0.3 is 5.97 Å². The minimum absolute atomic E-state index is 0.119. The van der Waals surface area contributed by atoms with E-state index in [2.05, 4.69) is 9.88 Å². The molecule has 0 radical (unpaired) electrons. The molecule has 104 valence electrons. The molecule has 2 heterocycles. The molecular weight excluding hydrogens is 242 g/mol. The molecule has 1 aliphatic heterocycles. The van der Waals surface area contributed by atoms with Gasteiger partial charge < -0.3 is 10.5 Å². The Bertz CT molecular complexity index is 436. The van der Waals surface area contributed by atoms with Crippen molar-refractivity contribution in [3.8, 4) is 0 Å². The van der Waals surface area contributed by atoms with Crippen LogP contribution in [0.15, 0.2) is 18.3 Å². The first kappa shape index (κ1) is 13.8. The van der Waals surface area contributed by atoms with E-state index in [0.717, 1.165) is 31.5 Å². The number of nitrogens with two attached hydrogens (primary N) is 1. The Morgan fingerprint density at radius 2 is 2.42 bits per heavy atom. The highest BCUT2D eigenvalue weighted by atomic mass is 16.5. The average molecular weight is 263 g/mol. The lowest BCUT2D eigenvalue weighted by Crippen LogP contribution is -2.45. The Morgan fingerprint density at radius 1 is 1.58 bits per heavy atom. The lowest BCUT2D eigenvalue weighted by molar-refractivity contribution is -0.151. The standard InChI is InChI=1S/C14H21N3O2/c1-2-19-14(18)13-5-3-4-8-17(13)10-12-9-11(15)6-7-16-12/h6-7,9,13H,2-5,8,10H2,1H3,(H2,15,16). The number of hydrogen-bond donors (Lipinski definition) is 1. The van der Waals surface area contributed by atoms with Gasteiger partial charge in [-0.15, -0.1) is 0 Å². The van der Waals surface area contributed by atoms with Gasteiger partial charge in [0.2, 0.25) is 0 Å². The fourth-order valence-corrected chi connectivity index (χ4v) is 2.48. The van der Waals surface area contributed by atoms with Crippen LogP contribution in [0.2, 0.25) is 0 Å². The van der Waals surface area contributed by atoms with Crippen molar-refractivity contribution in [2.45, 2.75) is 38.8 Å². The molecule has 1 aromatic rings. The van der Waals surface area contributed by atoms with Crippen LogP contribution in [-0.4, -0.2) is 35.0 Å². The number of carbonyl (C=O) groups excluding carboxylic acids is 1. The van der Waals surface area contributed by atoms with Gasteiger partial charge in [0.25, 0.3) is 0 Å². The zero-order valence-corrected chi connectivity index (χ0v) is 11.3. The molecule has 1 unspecified atom stereocenters. The first-order chi connectivity index (χ1) is 9.20. The van der Waals surface area contributed by atoms with Crippen LogP contribution in [0.1, 0.15) is 31.9 Å². The van der Waals surface area contributed by atoms with Crippen LogP contribution >= 0.6 is 0 Å². The van der Waals surface area contributed by atoms with Crippen LogP contribution in [0.25, 0.3) is 0 Å². The summed E-state index contributed by atoms with van der Waals surface area (Å²) in [6, 6.07) is 3.48. The van der Waals surface area contributed by atoms with Gasteiger partial charge in [0.05, 0.1) is 12.3 Å². The third-order valence-corrected chi connectivity index (χ3v) is 3.38. The molecule has 2 N–H and O–H groups in total. The number of pyridine rings is 1. The maximum atomic E-state index is 12.0. The Labute approximate surface area is 113 Å². The average Bonchev–Trinajstić information content (AvgIpc) is 2.39. The van der Waals surface area contributed by atoms with Crippen LogP contribution in [-0.2, 0) is 16.1 Å². The minimum atomic E-state index is -0.142. The van der Waals surface area contributed by atoms with E-state index in [1.165, 1.54) is 0 Å². The van der Waals surface area contributed by atoms with Gasteiger partial charge in [0, 0.05) is 18.4 Å². The number of nitrogen functional groups attached to an aromatic ring is 1. The second-order valence-corrected chi connectivity index (χ2v) is 4.81. The van der Waals surface area contributed by atoms with E-state index in [4.69, 9.17) is 10.5 Å². The largest absolute Gasteiger partial charge is 0.465 e. The van der Waals surface area contributed by atoms with Crippen molar-refractivity contribution in [2.24, 2.45) is 0 Å². The minimum Gasteiger partial charge on any atom is -0.465 e. The van der Waals surface area contributed by atoms with Crippen molar-refractivity contribution in [1.29, 1.82) is 0 Å². The number of anilines is 1. The quantitative estimate of drug-likeness (QED) is 0.835. The summed E-state index contributed by atoms with van der Waals surface area (Å²) in [7, 11) is 0. The van der Waals surface area contributed by atoms with Crippen molar-refractivity contribution in [3.05, 3.63) is 24.0 Å². The smallest absolute Gasteiger partial charge is 0.323 e. The monoisotopic (exact) mass is 263 g/mol. The Kier molecular flexibility index (Phi) is 4.74. The Balaban J connectivity index is 2.05. The predicted octanol–water partition coefficient (Wildman–Crippen LogP) is 1.58. The van der Waals surface area contributed by atoms with Crippen LogP contribution in [0, 0.1) is 0 Å². The van der Waals surface area contributed by atoms with Crippen molar-refractivity contribution >= 4 is 11.7 Å². The van der Waals surface area contributed by atoms with Gasteiger partial charge in [-0.1, -0.05) is 6.42 Å². The summed E-state index contributed by atoms with van der Waals surface area (Å²) >= 11 is 0. The van der Waals surface area contributed by atoms with Crippen molar-refractivity contribution in [2.75, 3.05) is 18.9 Å². The molecule has 5 nitrogen and oxygen atoms in total. The van der Waals surface area contributed by atoms with E-state index in [0.29, 0.717) is 18.8 Å². The number of aromatic nitrogens is 1. The summed E-state index contributed by atoms with van der Waals surface area (Å²) < 4.78 is 5.15. The number of hydrogen-bond acceptors (Lipinski definition) is 5. The fourth-order valence-electron chi connectivity index (χ4n) is 2.48. The molecule has 0 saturated carbocycles. The van der Waals surface area contributed by atoms with E-state index in [9.17, 15) is 4.79 Å². The highest BCUT2D eigenvalue weighted by Gasteiger charge is 2.29. The molecule has 1 atom stereocenters. The molecule has 0 aromatic carbocycles. The van der Waals surface area contributed by atoms with Crippen molar-refractivity contribution in [1.82, 2.24) is 9.88 Å². The normalized spacial score (nSPS) is 20.2. The third kappa shape index (κ3) is 3.67. The zero-order valence-electron chi connectivity index (χ0n) is 11.3. The summed E-state index contributed by atoms with van der Waals surface area (Å²) in [5.74, 6) is -0.119. The van der Waals surface area contributed by atoms with Crippen LogP contribution < -0.4 is 5.73 Å². The second kappa shape index (κ2) is 6.52. The summed E-state index contributed by atoms with van der Waals surface area (Å²) in [5.41, 5.74) is 7.36. The molecule has 5 heteroatoms. The van der Waals surface area contributed by atoms with Crippen molar-refractivity contribution < 1.29 is 9.53 Å². The third-order valence-electron chi connectivity index (χ3n) is 3.38. The van der Waals surface area contributed by atoms with Crippen LogP contribution in [0.3, 0.4) is 0 Å². The molecule has 1 fully saturated rings. The van der Waals surface area contributed by atoms with Gasteiger partial charge in [-0.2, -0.15) is 0 Å². The molecule has 0 spiro atoms. The topological polar surface area (TPSA) is 68.5 Å². The number of carbonyl (C=O) groups is 1. The number of piperidine rings is 1. The molecule has 19 heavy (non-hydrogen) atoms. The van der Waals surface area contributed by atoms with Gasteiger partial charge in [-0.3, -0.25) is 14.7 Å². The molecular formula is C14H21N3O2. The molecule has 1 aromatic heterocycles. The lowest BCUT2D eigenvalue weighted by Gasteiger charge is -2.33. The number of nitrogens with zero attached hydrogens (tertiary/aromatic N) is 2. The molecule has 1 aliphatic rings. The first-order valence-corrected chi connectivity index (χ1v) is 6.82. The predicted molar refractivity (Wildman–Crippen MR) is 73.3 cm³/mol. The van der Waals surface area contributed by atoms with Gasteiger partial charge in [-0.05, 0) is 38.4 Å². The molecule has 2 rings (SSSR count). The summed E-state index contributed by atoms with van der Waals surface area (Å²) in [5, 5.41) is 0.